The van der Waals surface area contributed by atoms with Gasteiger partial charge in [0.05, 0.1) is 31.0 Å². The Kier molecular flexibility index (Phi) is 7.82. The lowest BCUT2D eigenvalue weighted by molar-refractivity contribution is -0.119. The Balaban J connectivity index is 1.64. The van der Waals surface area contributed by atoms with Crippen LogP contribution in [0.4, 0.5) is 5.69 Å². The van der Waals surface area contributed by atoms with Crippen LogP contribution >= 0.6 is 0 Å². The van der Waals surface area contributed by atoms with Gasteiger partial charge in [0.1, 0.15) is 12.3 Å². The molecular formula is C28H27N3O6S. The summed E-state index contributed by atoms with van der Waals surface area (Å²) in [4.78, 5) is 12.9. The van der Waals surface area contributed by atoms with E-state index in [9.17, 15) is 18.3 Å². The highest BCUT2D eigenvalue weighted by Crippen LogP contribution is 2.34. The number of sulfonamides is 1. The fourth-order valence-corrected chi connectivity index (χ4v) is 5.30. The summed E-state index contributed by atoms with van der Waals surface area (Å²) in [6.07, 6.45) is 1.32. The number of rotatable bonds is 9. The molecule has 1 amide bonds. The summed E-state index contributed by atoms with van der Waals surface area (Å²) < 4.78 is 38.8. The molecule has 0 heterocycles. The zero-order chi connectivity index (χ0) is 27.3. The highest BCUT2D eigenvalue weighted by Gasteiger charge is 2.28. The number of methoxy groups -OCH3 is 2. The minimum atomic E-state index is -4.14. The molecule has 2 N–H and O–H groups in total. The molecule has 4 rings (SSSR count). The third-order valence-electron chi connectivity index (χ3n) is 5.88. The number of phenolic OH excluding ortho intramolecular Hbond substituents is 1. The van der Waals surface area contributed by atoms with Crippen molar-refractivity contribution in [2.24, 2.45) is 5.10 Å². The number of carbonyl (C=O) groups is 1. The van der Waals surface area contributed by atoms with E-state index in [2.05, 4.69) is 10.5 Å². The lowest BCUT2D eigenvalue weighted by Gasteiger charge is -2.24. The molecule has 4 aromatic rings. The number of carbonyl (C=O) groups excluding carboxylic acids is 1. The van der Waals surface area contributed by atoms with Gasteiger partial charge in [-0.05, 0) is 48.0 Å². The van der Waals surface area contributed by atoms with Crippen molar-refractivity contribution in [3.63, 3.8) is 0 Å². The topological polar surface area (TPSA) is 118 Å². The Morgan fingerprint density at radius 1 is 0.974 bits per heavy atom. The predicted octanol–water partition coefficient (Wildman–Crippen LogP) is 4.22. The first-order chi connectivity index (χ1) is 18.2. The lowest BCUT2D eigenvalue weighted by atomic mass is 10.0. The maximum Gasteiger partial charge on any atom is 0.264 e. The Morgan fingerprint density at radius 3 is 2.39 bits per heavy atom. The van der Waals surface area contributed by atoms with E-state index in [1.54, 1.807) is 30.3 Å². The van der Waals surface area contributed by atoms with E-state index in [0.717, 1.165) is 20.6 Å². The van der Waals surface area contributed by atoms with Crippen molar-refractivity contribution in [3.05, 3.63) is 90.0 Å². The second-order valence-corrected chi connectivity index (χ2v) is 10.2. The molecule has 0 fully saturated rings. The quantitative estimate of drug-likeness (QED) is 0.246. The summed E-state index contributed by atoms with van der Waals surface area (Å²) >= 11 is 0. The molecule has 0 saturated carbocycles. The van der Waals surface area contributed by atoms with Gasteiger partial charge in [0.15, 0.2) is 11.5 Å². The fraction of sp³-hybridized carbons (Fsp3) is 0.143. The molecule has 0 aliphatic rings. The van der Waals surface area contributed by atoms with Crippen LogP contribution in [-0.4, -0.2) is 46.4 Å². The maximum absolute atomic E-state index is 13.6. The van der Waals surface area contributed by atoms with Crippen molar-refractivity contribution < 1.29 is 27.8 Å². The summed E-state index contributed by atoms with van der Waals surface area (Å²) in [5, 5.41) is 15.9. The molecular weight excluding hydrogens is 506 g/mol. The highest BCUT2D eigenvalue weighted by molar-refractivity contribution is 7.92. The fourth-order valence-electron chi connectivity index (χ4n) is 3.89. The second-order valence-electron chi connectivity index (χ2n) is 8.38. The van der Waals surface area contributed by atoms with Gasteiger partial charge in [0.25, 0.3) is 15.9 Å². The summed E-state index contributed by atoms with van der Waals surface area (Å²) in [5.74, 6) is 0.0221. The van der Waals surface area contributed by atoms with Crippen LogP contribution in [0.3, 0.4) is 0 Å². The first-order valence-electron chi connectivity index (χ1n) is 11.6. The van der Waals surface area contributed by atoms with Gasteiger partial charge in [0, 0.05) is 11.6 Å². The number of aryl methyl sites for hydroxylation is 1. The average Bonchev–Trinajstić information content (AvgIpc) is 2.92. The minimum absolute atomic E-state index is 0.00407. The highest BCUT2D eigenvalue weighted by atomic mass is 32.2. The van der Waals surface area contributed by atoms with Gasteiger partial charge in [-0.2, -0.15) is 5.10 Å². The molecule has 10 heteroatoms. The number of nitrogens with zero attached hydrogens (tertiary/aromatic N) is 2. The number of benzene rings is 4. The number of hydrogen-bond acceptors (Lipinski definition) is 7. The number of hydrogen-bond donors (Lipinski definition) is 2. The molecule has 4 aromatic carbocycles. The van der Waals surface area contributed by atoms with E-state index in [4.69, 9.17) is 9.47 Å². The van der Waals surface area contributed by atoms with Crippen molar-refractivity contribution in [3.8, 4) is 17.2 Å². The average molecular weight is 534 g/mol. The number of fused-ring (bicyclic) bond motifs is 1. The molecule has 0 aromatic heterocycles. The van der Waals surface area contributed by atoms with Crippen LogP contribution in [0, 0.1) is 6.92 Å². The van der Waals surface area contributed by atoms with Crippen molar-refractivity contribution >= 4 is 38.6 Å². The van der Waals surface area contributed by atoms with Crippen LogP contribution in [0.25, 0.3) is 10.8 Å². The molecule has 0 bridgehead atoms. The summed E-state index contributed by atoms with van der Waals surface area (Å²) in [6, 6.07) is 21.6. The zero-order valence-corrected chi connectivity index (χ0v) is 21.9. The summed E-state index contributed by atoms with van der Waals surface area (Å²) in [5.41, 5.74) is 3.88. The van der Waals surface area contributed by atoms with Gasteiger partial charge in [0.2, 0.25) is 0 Å². The first-order valence-corrected chi connectivity index (χ1v) is 13.0. The Hall–Kier alpha value is -4.57. The van der Waals surface area contributed by atoms with Gasteiger partial charge in [-0.1, -0.05) is 48.0 Å². The monoisotopic (exact) mass is 533 g/mol. The third kappa shape index (κ3) is 5.55. The molecule has 0 aliphatic carbocycles. The van der Waals surface area contributed by atoms with Crippen molar-refractivity contribution in [2.45, 2.75) is 11.8 Å². The van der Waals surface area contributed by atoms with E-state index in [1.807, 2.05) is 31.2 Å². The smallest absolute Gasteiger partial charge is 0.264 e. The van der Waals surface area contributed by atoms with Crippen LogP contribution in [0.1, 0.15) is 11.1 Å². The molecule has 38 heavy (non-hydrogen) atoms. The number of ether oxygens (including phenoxy) is 2. The largest absolute Gasteiger partial charge is 0.507 e. The molecule has 196 valence electrons. The van der Waals surface area contributed by atoms with E-state index in [-0.39, 0.29) is 16.3 Å². The molecule has 0 radical (unpaired) electrons. The molecule has 9 nitrogen and oxygen atoms in total. The van der Waals surface area contributed by atoms with Crippen molar-refractivity contribution in [1.29, 1.82) is 0 Å². The Bertz CT molecular complexity index is 1600. The molecule has 0 atom stereocenters. The SMILES string of the molecule is COc1ccc(N(CC(=O)N/N=C\c2c(O)ccc3ccccc23)S(=O)(=O)c2ccc(C)cc2)cc1OC. The Labute approximate surface area is 221 Å². The maximum atomic E-state index is 13.6. The summed E-state index contributed by atoms with van der Waals surface area (Å²) in [6.45, 7) is 1.28. The van der Waals surface area contributed by atoms with Gasteiger partial charge >= 0.3 is 0 Å². The van der Waals surface area contributed by atoms with Gasteiger partial charge in [-0.15, -0.1) is 0 Å². The van der Waals surface area contributed by atoms with Gasteiger partial charge in [-0.25, -0.2) is 13.8 Å². The second kappa shape index (κ2) is 11.2. The predicted molar refractivity (Wildman–Crippen MR) is 147 cm³/mol. The molecule has 0 saturated heterocycles. The molecule has 0 aliphatic heterocycles. The normalized spacial score (nSPS) is 11.4. The first kappa shape index (κ1) is 26.5. The number of nitrogens with one attached hydrogen (secondary N) is 1. The van der Waals surface area contributed by atoms with E-state index < -0.39 is 22.5 Å². The van der Waals surface area contributed by atoms with Crippen LogP contribution in [-0.2, 0) is 14.8 Å². The van der Waals surface area contributed by atoms with Crippen molar-refractivity contribution in [1.82, 2.24) is 5.43 Å². The number of amides is 1. The van der Waals surface area contributed by atoms with Crippen molar-refractivity contribution in [2.75, 3.05) is 25.1 Å². The van der Waals surface area contributed by atoms with Crippen LogP contribution in [0.15, 0.2) is 88.9 Å². The van der Waals surface area contributed by atoms with Crippen LogP contribution in [0.5, 0.6) is 17.2 Å². The molecule has 0 spiro atoms. The number of anilines is 1. The minimum Gasteiger partial charge on any atom is -0.507 e. The number of phenols is 1. The van der Waals surface area contributed by atoms with Crippen LogP contribution < -0.4 is 19.2 Å². The van der Waals surface area contributed by atoms with Gasteiger partial charge < -0.3 is 14.6 Å². The van der Waals surface area contributed by atoms with Crippen LogP contribution in [0.2, 0.25) is 0 Å². The summed E-state index contributed by atoms with van der Waals surface area (Å²) in [7, 11) is -1.23. The molecule has 0 unspecified atom stereocenters. The number of hydrazone groups is 1. The van der Waals surface area contributed by atoms with E-state index in [0.29, 0.717) is 17.1 Å². The third-order valence-corrected chi connectivity index (χ3v) is 7.67. The lowest BCUT2D eigenvalue weighted by Crippen LogP contribution is -2.39. The number of aromatic hydroxyl groups is 1. The van der Waals surface area contributed by atoms with Gasteiger partial charge in [-0.3, -0.25) is 9.10 Å². The Morgan fingerprint density at radius 2 is 1.68 bits per heavy atom. The van der Waals surface area contributed by atoms with E-state index >= 15 is 0 Å². The zero-order valence-electron chi connectivity index (χ0n) is 21.1. The van der Waals surface area contributed by atoms with E-state index in [1.165, 1.54) is 44.7 Å². The standard InChI is InChI=1S/C28H27N3O6S/c1-19-8-12-22(13-9-19)38(34,35)31(21-11-15-26(36-2)27(16-21)37-3)18-28(33)30-29-17-24-23-7-5-4-6-20(23)10-14-25(24)32/h4-17,32H,18H2,1-3H3,(H,30,33)/b29-17-.